The minimum Gasteiger partial charge on any atom is -0.481 e. The van der Waals surface area contributed by atoms with Gasteiger partial charge in [-0.25, -0.2) is 12.7 Å². The average molecular weight is 277 g/mol. The van der Waals surface area contributed by atoms with Crippen LogP contribution in [0.3, 0.4) is 0 Å². The van der Waals surface area contributed by atoms with Crippen LogP contribution in [0.4, 0.5) is 0 Å². The maximum atomic E-state index is 12.1. The van der Waals surface area contributed by atoms with Crippen LogP contribution < -0.4 is 0 Å². The molecule has 0 amide bonds. The fraction of sp³-hybridized carbons (Fsp3) is 0.917. The summed E-state index contributed by atoms with van der Waals surface area (Å²) in [4.78, 5) is 10.8. The first kappa shape index (κ1) is 15.4. The van der Waals surface area contributed by atoms with Crippen LogP contribution in [0.1, 0.15) is 40.0 Å². The van der Waals surface area contributed by atoms with Crippen LogP contribution >= 0.6 is 0 Å². The van der Waals surface area contributed by atoms with E-state index in [1.807, 2.05) is 20.8 Å². The van der Waals surface area contributed by atoms with E-state index in [9.17, 15) is 13.2 Å². The van der Waals surface area contributed by atoms with Crippen molar-refractivity contribution in [2.75, 3.05) is 18.8 Å². The molecule has 0 saturated carbocycles. The van der Waals surface area contributed by atoms with Gasteiger partial charge in [-0.2, -0.15) is 0 Å². The number of carbonyl (C=O) groups is 1. The molecule has 0 atom stereocenters. The molecule has 1 rings (SSSR count). The number of hydrogen-bond acceptors (Lipinski definition) is 3. The Morgan fingerprint density at radius 3 is 2.17 bits per heavy atom. The van der Waals surface area contributed by atoms with E-state index in [4.69, 9.17) is 5.11 Å². The molecule has 1 heterocycles. The van der Waals surface area contributed by atoms with Gasteiger partial charge in [0.05, 0.1) is 11.7 Å². The van der Waals surface area contributed by atoms with E-state index >= 15 is 0 Å². The standard InChI is InChI=1S/C12H23NO4S/c1-12(2,3)6-9-18(16,17)13-7-4-10(5-8-13)11(14)15/h10H,4-9H2,1-3H3,(H,14,15). The molecular formula is C12H23NO4S. The molecule has 106 valence electrons. The molecule has 0 radical (unpaired) electrons. The van der Waals surface area contributed by atoms with Gasteiger partial charge in [0.1, 0.15) is 0 Å². The summed E-state index contributed by atoms with van der Waals surface area (Å²) in [7, 11) is -3.23. The Bertz CT molecular complexity index is 389. The van der Waals surface area contributed by atoms with Gasteiger partial charge in [-0.15, -0.1) is 0 Å². The smallest absolute Gasteiger partial charge is 0.306 e. The maximum absolute atomic E-state index is 12.1. The van der Waals surface area contributed by atoms with Gasteiger partial charge >= 0.3 is 5.97 Å². The molecule has 0 aromatic heterocycles. The third-order valence-corrected chi connectivity index (χ3v) is 5.18. The molecule has 0 bridgehead atoms. The molecule has 0 aromatic carbocycles. The van der Waals surface area contributed by atoms with Gasteiger partial charge < -0.3 is 5.11 Å². The predicted molar refractivity (Wildman–Crippen MR) is 69.8 cm³/mol. The van der Waals surface area contributed by atoms with Gasteiger partial charge in [-0.3, -0.25) is 4.79 Å². The highest BCUT2D eigenvalue weighted by Crippen LogP contribution is 2.23. The van der Waals surface area contributed by atoms with Crippen LogP contribution in [0.15, 0.2) is 0 Å². The summed E-state index contributed by atoms with van der Waals surface area (Å²) in [6, 6.07) is 0. The number of carboxylic acids is 1. The van der Waals surface area contributed by atoms with Gasteiger partial charge in [0.2, 0.25) is 10.0 Å². The second kappa shape index (κ2) is 5.57. The van der Waals surface area contributed by atoms with Crippen LogP contribution in [-0.2, 0) is 14.8 Å². The monoisotopic (exact) mass is 277 g/mol. The molecule has 1 saturated heterocycles. The zero-order valence-corrected chi connectivity index (χ0v) is 12.2. The van der Waals surface area contributed by atoms with Crippen LogP contribution in [0.5, 0.6) is 0 Å². The largest absolute Gasteiger partial charge is 0.481 e. The zero-order valence-electron chi connectivity index (χ0n) is 11.3. The summed E-state index contributed by atoms with van der Waals surface area (Å²) in [5.74, 6) is -1.06. The third-order valence-electron chi connectivity index (χ3n) is 3.31. The highest BCUT2D eigenvalue weighted by atomic mass is 32.2. The topological polar surface area (TPSA) is 74.7 Å². The summed E-state index contributed by atoms with van der Waals surface area (Å²) in [6.45, 7) is 6.71. The highest BCUT2D eigenvalue weighted by molar-refractivity contribution is 7.89. The Morgan fingerprint density at radius 1 is 1.28 bits per heavy atom. The maximum Gasteiger partial charge on any atom is 0.306 e. The molecule has 1 aliphatic heterocycles. The van der Waals surface area contributed by atoms with E-state index in [0.29, 0.717) is 32.4 Å². The molecular weight excluding hydrogens is 254 g/mol. The van der Waals surface area contributed by atoms with Crippen molar-refractivity contribution in [3.05, 3.63) is 0 Å². The second-order valence-electron chi connectivity index (χ2n) is 6.14. The van der Waals surface area contributed by atoms with Gasteiger partial charge in [-0.1, -0.05) is 20.8 Å². The van der Waals surface area contributed by atoms with Crippen molar-refractivity contribution in [1.29, 1.82) is 0 Å². The van der Waals surface area contributed by atoms with Crippen molar-refractivity contribution in [1.82, 2.24) is 4.31 Å². The van der Waals surface area contributed by atoms with Crippen LogP contribution in [0.2, 0.25) is 0 Å². The average Bonchev–Trinajstić information content (AvgIpc) is 2.26. The van der Waals surface area contributed by atoms with Crippen molar-refractivity contribution in [3.8, 4) is 0 Å². The Balaban J connectivity index is 2.53. The van der Waals surface area contributed by atoms with Crippen LogP contribution in [0, 0.1) is 11.3 Å². The van der Waals surface area contributed by atoms with Gasteiger partial charge in [0.25, 0.3) is 0 Å². The molecule has 1 fully saturated rings. The lowest BCUT2D eigenvalue weighted by atomic mass is 9.94. The molecule has 0 aromatic rings. The first-order valence-electron chi connectivity index (χ1n) is 6.32. The first-order chi connectivity index (χ1) is 8.12. The number of aliphatic carboxylic acids is 1. The summed E-state index contributed by atoms with van der Waals surface area (Å²) >= 11 is 0. The molecule has 0 aliphatic carbocycles. The summed E-state index contributed by atoms with van der Waals surface area (Å²) in [5.41, 5.74) is -0.00748. The summed E-state index contributed by atoms with van der Waals surface area (Å²) < 4.78 is 25.6. The second-order valence-corrected chi connectivity index (χ2v) is 8.23. The molecule has 1 N–H and O–H groups in total. The quantitative estimate of drug-likeness (QED) is 0.846. The van der Waals surface area contributed by atoms with E-state index in [2.05, 4.69) is 0 Å². The van der Waals surface area contributed by atoms with Crippen molar-refractivity contribution in [2.24, 2.45) is 11.3 Å². The molecule has 0 spiro atoms. The van der Waals surface area contributed by atoms with Crippen molar-refractivity contribution in [3.63, 3.8) is 0 Å². The molecule has 0 unspecified atom stereocenters. The Kier molecular flexibility index (Phi) is 4.78. The van der Waals surface area contributed by atoms with Gasteiger partial charge in [0.15, 0.2) is 0 Å². The van der Waals surface area contributed by atoms with Gasteiger partial charge in [-0.05, 0) is 24.7 Å². The molecule has 1 aliphatic rings. The highest BCUT2D eigenvalue weighted by Gasteiger charge is 2.31. The number of sulfonamides is 1. The van der Waals surface area contributed by atoms with E-state index in [-0.39, 0.29) is 17.1 Å². The number of nitrogens with zero attached hydrogens (tertiary/aromatic N) is 1. The van der Waals surface area contributed by atoms with Crippen LogP contribution in [-0.4, -0.2) is 42.6 Å². The van der Waals surface area contributed by atoms with Gasteiger partial charge in [0, 0.05) is 13.1 Å². The van der Waals surface area contributed by atoms with E-state index in [0.717, 1.165) is 0 Å². The fourth-order valence-corrected chi connectivity index (χ4v) is 3.84. The SMILES string of the molecule is CC(C)(C)CCS(=O)(=O)N1CCC(C(=O)O)CC1. The minimum absolute atomic E-state index is 0.00748. The number of carboxylic acid groups (broad SMARTS) is 1. The number of piperidine rings is 1. The Morgan fingerprint density at radius 2 is 1.78 bits per heavy atom. The van der Waals surface area contributed by atoms with Crippen molar-refractivity contribution in [2.45, 2.75) is 40.0 Å². The van der Waals surface area contributed by atoms with E-state index < -0.39 is 16.0 Å². The lowest BCUT2D eigenvalue weighted by Crippen LogP contribution is -2.41. The first-order valence-corrected chi connectivity index (χ1v) is 7.93. The molecule has 5 nitrogen and oxygen atoms in total. The zero-order chi connectivity index (χ0) is 14.0. The lowest BCUT2D eigenvalue weighted by Gasteiger charge is -2.30. The van der Waals surface area contributed by atoms with Crippen molar-refractivity contribution < 1.29 is 18.3 Å². The normalized spacial score (nSPS) is 19.9. The van der Waals surface area contributed by atoms with E-state index in [1.54, 1.807) is 0 Å². The molecule has 18 heavy (non-hydrogen) atoms. The predicted octanol–water partition coefficient (Wildman–Crippen LogP) is 1.55. The lowest BCUT2D eigenvalue weighted by molar-refractivity contribution is -0.142. The number of hydrogen-bond donors (Lipinski definition) is 1. The molecule has 6 heteroatoms. The van der Waals surface area contributed by atoms with Crippen molar-refractivity contribution >= 4 is 16.0 Å². The van der Waals surface area contributed by atoms with E-state index in [1.165, 1.54) is 4.31 Å². The number of rotatable bonds is 4. The summed E-state index contributed by atoms with van der Waals surface area (Å²) in [5, 5.41) is 8.87. The third kappa shape index (κ3) is 4.57. The minimum atomic E-state index is -3.23. The fourth-order valence-electron chi connectivity index (χ4n) is 1.95. The van der Waals surface area contributed by atoms with Crippen LogP contribution in [0.25, 0.3) is 0 Å². The Labute approximate surface area is 109 Å². The summed E-state index contributed by atoms with van der Waals surface area (Å²) in [6.07, 6.45) is 1.46. The Hall–Kier alpha value is -0.620.